The molecule has 3 aromatic rings. The molecule has 0 aliphatic heterocycles. The molecule has 0 bridgehead atoms. The second kappa shape index (κ2) is 7.90. The lowest BCUT2D eigenvalue weighted by Crippen LogP contribution is -2.10. The van der Waals surface area contributed by atoms with Gasteiger partial charge in [-0.2, -0.15) is 8.78 Å². The molecule has 0 aliphatic rings. The molecule has 0 saturated carbocycles. The molecule has 0 aliphatic carbocycles. The third kappa shape index (κ3) is 4.29. The summed E-state index contributed by atoms with van der Waals surface area (Å²) in [7, 11) is -3.48. The summed E-state index contributed by atoms with van der Waals surface area (Å²) in [4.78, 5) is 4.23. The summed E-state index contributed by atoms with van der Waals surface area (Å²) in [5.74, 6) is -1.95. The Morgan fingerprint density at radius 2 is 1.90 bits per heavy atom. The van der Waals surface area contributed by atoms with E-state index in [2.05, 4.69) is 9.72 Å². The smallest absolute Gasteiger partial charge is 0.387 e. The van der Waals surface area contributed by atoms with E-state index >= 15 is 0 Å². The first kappa shape index (κ1) is 20.9. The molecule has 0 N–H and O–H groups in total. The van der Waals surface area contributed by atoms with Crippen molar-refractivity contribution >= 4 is 20.7 Å². The molecule has 153 valence electrons. The quantitative estimate of drug-likeness (QED) is 0.576. The van der Waals surface area contributed by atoms with Crippen molar-refractivity contribution in [1.29, 1.82) is 0 Å². The van der Waals surface area contributed by atoms with Crippen LogP contribution in [0.15, 0.2) is 41.3 Å². The molecule has 2 aromatic carbocycles. The first-order valence-electron chi connectivity index (χ1n) is 8.66. The highest BCUT2D eigenvalue weighted by atomic mass is 32.2. The van der Waals surface area contributed by atoms with Gasteiger partial charge >= 0.3 is 6.61 Å². The second-order valence-electron chi connectivity index (χ2n) is 6.46. The van der Waals surface area contributed by atoms with Crippen molar-refractivity contribution in [2.45, 2.75) is 31.3 Å². The lowest BCUT2D eigenvalue weighted by molar-refractivity contribution is -0.0494. The average Bonchev–Trinajstić information content (AvgIpc) is 2.65. The van der Waals surface area contributed by atoms with Gasteiger partial charge in [-0.05, 0) is 36.2 Å². The maximum absolute atomic E-state index is 14.2. The molecule has 0 spiro atoms. The van der Waals surface area contributed by atoms with Crippen LogP contribution in [0.25, 0.3) is 10.9 Å². The SMILES string of the molecule is CCc1nc2c(F)ccc([O])c2c(OC(F)F)c1Cc1cccc(S(C)(=O)=O)c1. The largest absolute Gasteiger partial charge is 0.434 e. The molecular weight excluding hydrogens is 407 g/mol. The van der Waals surface area contributed by atoms with Gasteiger partial charge in [-0.3, -0.25) is 5.11 Å². The molecular formula is C20H17F3NO4S. The van der Waals surface area contributed by atoms with E-state index < -0.39 is 33.8 Å². The van der Waals surface area contributed by atoms with Crippen molar-refractivity contribution in [3.05, 3.63) is 59.0 Å². The zero-order chi connectivity index (χ0) is 21.3. The Morgan fingerprint density at radius 3 is 2.52 bits per heavy atom. The van der Waals surface area contributed by atoms with Gasteiger partial charge in [0.25, 0.3) is 0 Å². The standard InChI is InChI=1S/C20H17F3NO4S/c1-3-15-13(10-11-5-4-6-12(9-11)29(2,26)27)19(28-20(22)23)17-16(25)8-7-14(21)18(17)24-15/h4-9,20H,3,10H2,1-2H3. The summed E-state index contributed by atoms with van der Waals surface area (Å²) in [6.45, 7) is -1.54. The molecule has 1 radical (unpaired) electrons. The lowest BCUT2D eigenvalue weighted by atomic mass is 9.98. The number of halogens is 3. The number of aryl methyl sites for hydroxylation is 1. The predicted octanol–water partition coefficient (Wildman–Crippen LogP) is 4.68. The topological polar surface area (TPSA) is 76.2 Å². The fourth-order valence-electron chi connectivity index (χ4n) is 3.14. The number of nitrogens with zero attached hydrogens (tertiary/aromatic N) is 1. The summed E-state index contributed by atoms with van der Waals surface area (Å²) < 4.78 is 68.8. The molecule has 1 aromatic heterocycles. The highest BCUT2D eigenvalue weighted by molar-refractivity contribution is 7.90. The van der Waals surface area contributed by atoms with E-state index in [1.165, 1.54) is 18.2 Å². The van der Waals surface area contributed by atoms with Crippen molar-refractivity contribution in [2.75, 3.05) is 6.26 Å². The van der Waals surface area contributed by atoms with E-state index in [1.54, 1.807) is 13.0 Å². The summed E-state index contributed by atoms with van der Waals surface area (Å²) in [5.41, 5.74) is 0.626. The number of rotatable bonds is 6. The Balaban J connectivity index is 2.27. The van der Waals surface area contributed by atoms with Gasteiger partial charge in [-0.15, -0.1) is 0 Å². The monoisotopic (exact) mass is 424 g/mol. The van der Waals surface area contributed by atoms with Crippen LogP contribution in [0.3, 0.4) is 0 Å². The third-order valence-electron chi connectivity index (χ3n) is 4.44. The summed E-state index contributed by atoms with van der Waals surface area (Å²) >= 11 is 0. The second-order valence-corrected chi connectivity index (χ2v) is 8.48. The van der Waals surface area contributed by atoms with Crippen LogP contribution in [0.2, 0.25) is 0 Å². The average molecular weight is 424 g/mol. The Bertz CT molecular complexity index is 1180. The van der Waals surface area contributed by atoms with Crippen molar-refractivity contribution < 1.29 is 31.4 Å². The Hall–Kier alpha value is -2.81. The lowest BCUT2D eigenvalue weighted by Gasteiger charge is -2.17. The van der Waals surface area contributed by atoms with Gasteiger partial charge in [0.05, 0.1) is 10.3 Å². The minimum absolute atomic E-state index is 0.0204. The highest BCUT2D eigenvalue weighted by Gasteiger charge is 2.24. The third-order valence-corrected chi connectivity index (χ3v) is 5.55. The molecule has 0 unspecified atom stereocenters. The van der Waals surface area contributed by atoms with Crippen LogP contribution in [0.5, 0.6) is 11.5 Å². The van der Waals surface area contributed by atoms with Crippen molar-refractivity contribution in [3.8, 4) is 11.5 Å². The minimum atomic E-state index is -3.48. The van der Waals surface area contributed by atoms with E-state index in [-0.39, 0.29) is 39.9 Å². The van der Waals surface area contributed by atoms with Gasteiger partial charge in [-0.25, -0.2) is 17.8 Å². The van der Waals surface area contributed by atoms with Crippen molar-refractivity contribution in [3.63, 3.8) is 0 Å². The molecule has 0 atom stereocenters. The molecule has 0 saturated heterocycles. The summed E-state index contributed by atoms with van der Waals surface area (Å²) in [5, 5.41) is 11.9. The van der Waals surface area contributed by atoms with E-state index in [4.69, 9.17) is 0 Å². The number of hydrogen-bond donors (Lipinski definition) is 0. The zero-order valence-corrected chi connectivity index (χ0v) is 16.4. The molecule has 0 amide bonds. The van der Waals surface area contributed by atoms with E-state index in [1.807, 2.05) is 0 Å². The molecule has 0 fully saturated rings. The molecule has 9 heteroatoms. The van der Waals surface area contributed by atoms with Crippen LogP contribution in [-0.2, 0) is 27.8 Å². The minimum Gasteiger partial charge on any atom is -0.434 e. The van der Waals surface area contributed by atoms with Gasteiger partial charge in [0.15, 0.2) is 15.6 Å². The fraction of sp³-hybridized carbons (Fsp3) is 0.250. The Morgan fingerprint density at radius 1 is 1.17 bits per heavy atom. The fourth-order valence-corrected chi connectivity index (χ4v) is 3.84. The van der Waals surface area contributed by atoms with Crippen LogP contribution in [0.4, 0.5) is 13.2 Å². The van der Waals surface area contributed by atoms with E-state index in [9.17, 15) is 26.7 Å². The van der Waals surface area contributed by atoms with E-state index in [0.29, 0.717) is 5.56 Å². The molecule has 1 heterocycles. The molecule has 29 heavy (non-hydrogen) atoms. The van der Waals surface area contributed by atoms with Crippen LogP contribution >= 0.6 is 0 Å². The maximum Gasteiger partial charge on any atom is 0.387 e. The number of alkyl halides is 2. The van der Waals surface area contributed by atoms with Gasteiger partial charge in [-0.1, -0.05) is 19.1 Å². The summed E-state index contributed by atoms with van der Waals surface area (Å²) in [6, 6.07) is 7.83. The number of benzene rings is 2. The van der Waals surface area contributed by atoms with E-state index in [0.717, 1.165) is 18.4 Å². The van der Waals surface area contributed by atoms with Crippen LogP contribution < -0.4 is 4.74 Å². The number of sulfone groups is 1. The number of hydrogen-bond acceptors (Lipinski definition) is 4. The summed E-state index contributed by atoms with van der Waals surface area (Å²) in [6.07, 6.45) is 1.30. The van der Waals surface area contributed by atoms with Crippen molar-refractivity contribution in [2.24, 2.45) is 0 Å². The molecule has 3 rings (SSSR count). The van der Waals surface area contributed by atoms with Gasteiger partial charge in [0.2, 0.25) is 0 Å². The first-order valence-corrected chi connectivity index (χ1v) is 10.6. The van der Waals surface area contributed by atoms with Crippen LogP contribution in [0, 0.1) is 5.82 Å². The van der Waals surface area contributed by atoms with Crippen LogP contribution in [0.1, 0.15) is 23.7 Å². The number of aromatic nitrogens is 1. The first-order chi connectivity index (χ1) is 13.6. The number of ether oxygens (including phenoxy) is 1. The molecule has 5 nitrogen and oxygen atoms in total. The maximum atomic E-state index is 14.2. The number of pyridine rings is 1. The van der Waals surface area contributed by atoms with Gasteiger partial charge in [0.1, 0.15) is 17.1 Å². The van der Waals surface area contributed by atoms with Gasteiger partial charge < -0.3 is 4.74 Å². The van der Waals surface area contributed by atoms with Crippen molar-refractivity contribution in [1.82, 2.24) is 4.98 Å². The normalized spacial score (nSPS) is 11.9. The van der Waals surface area contributed by atoms with Crippen LogP contribution in [-0.4, -0.2) is 26.3 Å². The van der Waals surface area contributed by atoms with Gasteiger partial charge in [0, 0.05) is 23.9 Å². The number of fused-ring (bicyclic) bond motifs is 1. The highest BCUT2D eigenvalue weighted by Crippen LogP contribution is 2.40. The zero-order valence-electron chi connectivity index (χ0n) is 15.6. The Labute approximate surface area is 165 Å². The Kier molecular flexibility index (Phi) is 5.70. The predicted molar refractivity (Wildman–Crippen MR) is 100 cm³/mol.